The van der Waals surface area contributed by atoms with Crippen molar-refractivity contribution in [3.8, 4) is 0 Å². The molecular weight excluding hydrogens is 416 g/mol. The molecule has 1 aliphatic heterocycles. The van der Waals surface area contributed by atoms with Crippen LogP contribution in [-0.2, 0) is 27.6 Å². The van der Waals surface area contributed by atoms with Crippen LogP contribution >= 0.6 is 0 Å². The van der Waals surface area contributed by atoms with Crippen LogP contribution in [0.4, 0.5) is 4.79 Å². The Labute approximate surface area is 184 Å². The lowest BCUT2D eigenvalue weighted by Crippen LogP contribution is -2.51. The minimum absolute atomic E-state index is 0.0937. The molecular formula is C23H30N2O5S. The summed E-state index contributed by atoms with van der Waals surface area (Å²) in [5, 5.41) is 13.7. The summed E-state index contributed by atoms with van der Waals surface area (Å²) < 4.78 is 32.9. The number of carbonyl (C=O) groups is 1. The van der Waals surface area contributed by atoms with Gasteiger partial charge in [-0.1, -0.05) is 55.5 Å². The number of benzene rings is 2. The van der Waals surface area contributed by atoms with Crippen molar-refractivity contribution >= 4 is 16.1 Å². The molecule has 31 heavy (non-hydrogen) atoms. The number of alkyl carbamates (subject to hydrolysis) is 1. The van der Waals surface area contributed by atoms with E-state index in [1.807, 2.05) is 49.4 Å². The summed E-state index contributed by atoms with van der Waals surface area (Å²) in [5.41, 5.74) is 1.71. The van der Waals surface area contributed by atoms with E-state index in [0.717, 1.165) is 11.1 Å². The number of amides is 1. The Balaban J connectivity index is 1.83. The van der Waals surface area contributed by atoms with Gasteiger partial charge in [-0.05, 0) is 42.9 Å². The lowest BCUT2D eigenvalue weighted by atomic mass is 10.00. The summed E-state index contributed by atoms with van der Waals surface area (Å²) in [6.07, 6.45) is -0.756. The first kappa shape index (κ1) is 23.2. The molecule has 0 aromatic heterocycles. The first-order valence-electron chi connectivity index (χ1n) is 10.5. The average molecular weight is 447 g/mol. The molecule has 2 N–H and O–H groups in total. The number of hydrogen-bond donors (Lipinski definition) is 2. The number of carbonyl (C=O) groups excluding carboxylic acids is 1. The van der Waals surface area contributed by atoms with Gasteiger partial charge in [-0.2, -0.15) is 4.31 Å². The Morgan fingerprint density at radius 3 is 2.58 bits per heavy atom. The predicted octanol–water partition coefficient (Wildman–Crippen LogP) is 2.59. The average Bonchev–Trinajstić information content (AvgIpc) is 2.82. The van der Waals surface area contributed by atoms with E-state index in [1.165, 1.54) is 4.31 Å². The second-order valence-electron chi connectivity index (χ2n) is 7.97. The Hall–Kier alpha value is -2.42. The number of aliphatic hydroxyl groups excluding tert-OH is 1. The molecule has 0 spiro atoms. The zero-order chi connectivity index (χ0) is 22.4. The van der Waals surface area contributed by atoms with Crippen molar-refractivity contribution in [3.63, 3.8) is 0 Å². The Bertz CT molecular complexity index is 980. The number of β-amino-alcohol motifs (C(OH)–C–C–N with tert-alkyl or cyclic N) is 1. The lowest BCUT2D eigenvalue weighted by Gasteiger charge is -2.29. The Kier molecular flexibility index (Phi) is 7.69. The monoisotopic (exact) mass is 446 g/mol. The fourth-order valence-electron chi connectivity index (χ4n) is 3.93. The summed E-state index contributed by atoms with van der Waals surface area (Å²) in [7, 11) is -3.76. The highest BCUT2D eigenvalue weighted by atomic mass is 32.2. The summed E-state index contributed by atoms with van der Waals surface area (Å²) >= 11 is 0. The largest absolute Gasteiger partial charge is 0.450 e. The maximum absolute atomic E-state index is 13.3. The van der Waals surface area contributed by atoms with Crippen molar-refractivity contribution in [1.29, 1.82) is 0 Å². The molecule has 2 aromatic carbocycles. The molecule has 168 valence electrons. The molecule has 1 heterocycles. The quantitative estimate of drug-likeness (QED) is 0.682. The molecule has 1 aliphatic rings. The summed E-state index contributed by atoms with van der Waals surface area (Å²) in [6.45, 7) is 4.07. The molecule has 8 heteroatoms. The van der Waals surface area contributed by atoms with E-state index in [1.54, 1.807) is 19.1 Å². The van der Waals surface area contributed by atoms with E-state index < -0.39 is 28.3 Å². The number of fused-ring (bicyclic) bond motifs is 1. The maximum Gasteiger partial charge on any atom is 0.407 e. The molecule has 2 aromatic rings. The van der Waals surface area contributed by atoms with E-state index in [9.17, 15) is 18.3 Å². The number of sulfonamides is 1. The second kappa shape index (κ2) is 10.3. The van der Waals surface area contributed by atoms with Crippen LogP contribution in [0, 0.1) is 5.92 Å². The van der Waals surface area contributed by atoms with Crippen LogP contribution in [0.25, 0.3) is 0 Å². The van der Waals surface area contributed by atoms with Gasteiger partial charge in [-0.15, -0.1) is 0 Å². The molecule has 0 bridgehead atoms. The molecule has 3 atom stereocenters. The van der Waals surface area contributed by atoms with Gasteiger partial charge >= 0.3 is 6.09 Å². The number of ether oxygens (including phenoxy) is 1. The Morgan fingerprint density at radius 2 is 1.87 bits per heavy atom. The summed E-state index contributed by atoms with van der Waals surface area (Å²) in [5.74, 6) is 0.0937. The molecule has 0 saturated heterocycles. The number of aliphatic hydroxyl groups is 1. The summed E-state index contributed by atoms with van der Waals surface area (Å²) in [6, 6.07) is 15.7. The van der Waals surface area contributed by atoms with E-state index in [2.05, 4.69) is 5.32 Å². The number of nitrogens with one attached hydrogen (secondary N) is 1. The van der Waals surface area contributed by atoms with Gasteiger partial charge in [0.1, 0.15) is 0 Å². The third-order valence-corrected chi connectivity index (χ3v) is 7.34. The van der Waals surface area contributed by atoms with Gasteiger partial charge in [0.25, 0.3) is 0 Å². The fourth-order valence-corrected chi connectivity index (χ4v) is 5.74. The van der Waals surface area contributed by atoms with Gasteiger partial charge in [-0.3, -0.25) is 0 Å². The first-order valence-corrected chi connectivity index (χ1v) is 12.0. The second-order valence-corrected chi connectivity index (χ2v) is 9.87. The molecule has 0 aliphatic carbocycles. The van der Waals surface area contributed by atoms with Gasteiger partial charge in [0, 0.05) is 13.1 Å². The van der Waals surface area contributed by atoms with Crippen LogP contribution in [0.3, 0.4) is 0 Å². The summed E-state index contributed by atoms with van der Waals surface area (Å²) in [4.78, 5) is 12.3. The smallest absolute Gasteiger partial charge is 0.407 e. The predicted molar refractivity (Wildman–Crippen MR) is 118 cm³/mol. The molecule has 0 radical (unpaired) electrons. The topological polar surface area (TPSA) is 95.9 Å². The number of nitrogens with zero attached hydrogens (tertiary/aromatic N) is 1. The van der Waals surface area contributed by atoms with Crippen LogP contribution in [0.1, 0.15) is 25.0 Å². The third kappa shape index (κ3) is 5.84. The van der Waals surface area contributed by atoms with Crippen LogP contribution in [-0.4, -0.2) is 55.8 Å². The molecule has 0 fully saturated rings. The van der Waals surface area contributed by atoms with E-state index >= 15 is 0 Å². The van der Waals surface area contributed by atoms with Crippen molar-refractivity contribution in [2.45, 2.75) is 43.7 Å². The highest BCUT2D eigenvalue weighted by Crippen LogP contribution is 2.28. The van der Waals surface area contributed by atoms with Gasteiger partial charge < -0.3 is 15.2 Å². The Morgan fingerprint density at radius 1 is 1.19 bits per heavy atom. The van der Waals surface area contributed by atoms with Crippen molar-refractivity contribution in [2.24, 2.45) is 5.92 Å². The van der Waals surface area contributed by atoms with E-state index in [0.29, 0.717) is 19.4 Å². The lowest BCUT2D eigenvalue weighted by molar-refractivity contribution is 0.0906. The van der Waals surface area contributed by atoms with E-state index in [4.69, 9.17) is 4.74 Å². The van der Waals surface area contributed by atoms with Crippen molar-refractivity contribution in [3.05, 3.63) is 65.7 Å². The molecule has 7 nitrogen and oxygen atoms in total. The highest BCUT2D eigenvalue weighted by molar-refractivity contribution is 7.89. The standard InChI is InChI=1S/C23H30N2O5S/c1-3-30-23(27)24-20(14-18-9-5-4-6-10-18)21(26)16-25-15-17(2)13-19-11-7-8-12-22(19)31(25,28)29/h4-12,17,20-21,26H,3,13-16H2,1-2H3,(H,24,27)/t17-,20-,21+/m0/s1. The molecule has 0 saturated carbocycles. The normalized spacial score (nSPS) is 20.2. The van der Waals surface area contributed by atoms with Crippen molar-refractivity contribution in [1.82, 2.24) is 9.62 Å². The van der Waals surface area contributed by atoms with Crippen LogP contribution in [0.5, 0.6) is 0 Å². The molecule has 3 rings (SSSR count). The van der Waals surface area contributed by atoms with Crippen LogP contribution in [0.2, 0.25) is 0 Å². The first-order chi connectivity index (χ1) is 14.8. The van der Waals surface area contributed by atoms with Crippen molar-refractivity contribution < 1.29 is 23.1 Å². The van der Waals surface area contributed by atoms with Crippen molar-refractivity contribution in [2.75, 3.05) is 19.7 Å². The zero-order valence-corrected chi connectivity index (χ0v) is 18.7. The van der Waals surface area contributed by atoms with Crippen LogP contribution < -0.4 is 5.32 Å². The minimum Gasteiger partial charge on any atom is -0.450 e. The zero-order valence-electron chi connectivity index (χ0n) is 17.9. The molecule has 0 unspecified atom stereocenters. The fraction of sp³-hybridized carbons (Fsp3) is 0.435. The highest BCUT2D eigenvalue weighted by Gasteiger charge is 2.35. The van der Waals surface area contributed by atoms with Gasteiger partial charge in [0.05, 0.1) is 23.6 Å². The SMILES string of the molecule is CCOC(=O)N[C@@H](Cc1ccccc1)[C@H](O)CN1C[C@@H](C)Cc2ccccc2S1(=O)=O. The molecule has 1 amide bonds. The van der Waals surface area contributed by atoms with Gasteiger partial charge in [0.15, 0.2) is 0 Å². The van der Waals surface area contributed by atoms with E-state index in [-0.39, 0.29) is 24.0 Å². The minimum atomic E-state index is -3.76. The van der Waals surface area contributed by atoms with Crippen LogP contribution in [0.15, 0.2) is 59.5 Å². The maximum atomic E-state index is 13.3. The number of rotatable bonds is 7. The van der Waals surface area contributed by atoms with Gasteiger partial charge in [-0.25, -0.2) is 13.2 Å². The van der Waals surface area contributed by atoms with Gasteiger partial charge in [0.2, 0.25) is 10.0 Å². The third-order valence-electron chi connectivity index (χ3n) is 5.41. The number of hydrogen-bond acceptors (Lipinski definition) is 5.